The molecule has 0 aliphatic heterocycles. The number of aromatic nitrogens is 3. The van der Waals surface area contributed by atoms with E-state index in [1.54, 1.807) is 0 Å². The van der Waals surface area contributed by atoms with Crippen molar-refractivity contribution < 1.29 is 20.4 Å². The molecule has 4 N–H and O–H groups in total. The Kier molecular flexibility index (Phi) is 4.80. The molecule has 0 radical (unpaired) electrons. The summed E-state index contributed by atoms with van der Waals surface area (Å²) in [5, 5.41) is 45.5. The van der Waals surface area contributed by atoms with Gasteiger partial charge in [-0.25, -0.2) is 0 Å². The molecule has 0 fully saturated rings. The molecule has 7 nitrogen and oxygen atoms in total. The van der Waals surface area contributed by atoms with Gasteiger partial charge in [0.2, 0.25) is 0 Å². The molecule has 20 heavy (non-hydrogen) atoms. The monoisotopic (exact) mass is 279 g/mol. The Bertz CT molecular complexity index is 531. The van der Waals surface area contributed by atoms with E-state index in [-0.39, 0.29) is 5.69 Å². The number of aliphatic hydroxyl groups is 4. The standard InChI is InChI=1S/C13H17N3O4/c17-8-11(18)13(20)12(19)10-6-14-16(15-10)7-9-4-2-1-3-5-9/h1-6,11-13,17-20H,7-8H2/t11-,12-,13-/m0/s1. The van der Waals surface area contributed by atoms with Gasteiger partial charge < -0.3 is 20.4 Å². The minimum atomic E-state index is -1.51. The van der Waals surface area contributed by atoms with Crippen LogP contribution in [-0.2, 0) is 6.54 Å². The van der Waals surface area contributed by atoms with Gasteiger partial charge in [-0.05, 0) is 5.56 Å². The van der Waals surface area contributed by atoms with Gasteiger partial charge in [0.05, 0.1) is 19.3 Å². The van der Waals surface area contributed by atoms with Crippen LogP contribution in [0.15, 0.2) is 36.5 Å². The zero-order chi connectivity index (χ0) is 14.5. The van der Waals surface area contributed by atoms with Crippen LogP contribution in [0, 0.1) is 0 Å². The molecule has 0 amide bonds. The fourth-order valence-corrected chi connectivity index (χ4v) is 1.76. The molecule has 2 aromatic rings. The van der Waals surface area contributed by atoms with E-state index < -0.39 is 24.9 Å². The van der Waals surface area contributed by atoms with Crippen LogP contribution in [0.2, 0.25) is 0 Å². The fourth-order valence-electron chi connectivity index (χ4n) is 1.76. The largest absolute Gasteiger partial charge is 0.394 e. The van der Waals surface area contributed by atoms with Crippen molar-refractivity contribution in [2.75, 3.05) is 6.61 Å². The van der Waals surface area contributed by atoms with Gasteiger partial charge in [-0.1, -0.05) is 30.3 Å². The normalized spacial score (nSPS) is 15.8. The maximum atomic E-state index is 9.83. The second-order valence-electron chi connectivity index (χ2n) is 4.47. The van der Waals surface area contributed by atoms with Crippen molar-refractivity contribution in [2.24, 2.45) is 0 Å². The quantitative estimate of drug-likeness (QED) is 0.544. The topological polar surface area (TPSA) is 112 Å². The van der Waals surface area contributed by atoms with Gasteiger partial charge in [0.15, 0.2) is 0 Å². The van der Waals surface area contributed by atoms with E-state index in [0.29, 0.717) is 6.54 Å². The molecule has 0 aliphatic rings. The highest BCUT2D eigenvalue weighted by Crippen LogP contribution is 2.16. The van der Waals surface area contributed by atoms with Crippen LogP contribution in [0.25, 0.3) is 0 Å². The summed E-state index contributed by atoms with van der Waals surface area (Å²) in [6.45, 7) is -0.206. The molecule has 0 aliphatic carbocycles. The van der Waals surface area contributed by atoms with Gasteiger partial charge in [0.25, 0.3) is 0 Å². The summed E-state index contributed by atoms with van der Waals surface area (Å²) >= 11 is 0. The van der Waals surface area contributed by atoms with E-state index in [0.717, 1.165) is 5.56 Å². The van der Waals surface area contributed by atoms with Gasteiger partial charge in [-0.3, -0.25) is 0 Å². The highest BCUT2D eigenvalue weighted by atomic mass is 16.4. The molecule has 1 aromatic carbocycles. The summed E-state index contributed by atoms with van der Waals surface area (Å²) in [7, 11) is 0. The maximum Gasteiger partial charge on any atom is 0.128 e. The van der Waals surface area contributed by atoms with E-state index in [1.165, 1.54) is 11.0 Å². The summed E-state index contributed by atoms with van der Waals surface area (Å²) in [6.07, 6.45) is -3.02. The number of hydrogen-bond acceptors (Lipinski definition) is 6. The molecule has 108 valence electrons. The van der Waals surface area contributed by atoms with Crippen LogP contribution in [0.5, 0.6) is 0 Å². The number of nitrogens with zero attached hydrogens (tertiary/aromatic N) is 3. The van der Waals surface area contributed by atoms with Crippen LogP contribution in [0.4, 0.5) is 0 Å². The Morgan fingerprint density at radius 2 is 1.80 bits per heavy atom. The lowest BCUT2D eigenvalue weighted by atomic mass is 10.1. The van der Waals surface area contributed by atoms with E-state index in [4.69, 9.17) is 5.11 Å². The smallest absolute Gasteiger partial charge is 0.128 e. The molecule has 0 saturated heterocycles. The number of benzene rings is 1. The van der Waals surface area contributed by atoms with Gasteiger partial charge in [-0.2, -0.15) is 15.0 Å². The Morgan fingerprint density at radius 3 is 2.45 bits per heavy atom. The predicted molar refractivity (Wildman–Crippen MR) is 69.6 cm³/mol. The van der Waals surface area contributed by atoms with E-state index in [1.807, 2.05) is 30.3 Å². The molecule has 0 bridgehead atoms. The van der Waals surface area contributed by atoms with Gasteiger partial charge in [-0.15, -0.1) is 0 Å². The average molecular weight is 279 g/mol. The number of hydrogen-bond donors (Lipinski definition) is 4. The lowest BCUT2D eigenvalue weighted by molar-refractivity contribution is -0.0790. The lowest BCUT2D eigenvalue weighted by Crippen LogP contribution is -2.35. The lowest BCUT2D eigenvalue weighted by Gasteiger charge is -2.19. The summed E-state index contributed by atoms with van der Waals surface area (Å²) in [5.74, 6) is 0. The van der Waals surface area contributed by atoms with Crippen molar-refractivity contribution in [3.8, 4) is 0 Å². The first-order chi connectivity index (χ1) is 9.61. The molecular weight excluding hydrogens is 262 g/mol. The second-order valence-corrected chi connectivity index (χ2v) is 4.47. The van der Waals surface area contributed by atoms with Crippen molar-refractivity contribution in [1.29, 1.82) is 0 Å². The number of rotatable bonds is 6. The summed E-state index contributed by atoms with van der Waals surface area (Å²) in [5.41, 5.74) is 1.14. The molecular formula is C13H17N3O4. The zero-order valence-electron chi connectivity index (χ0n) is 10.7. The third-order valence-electron chi connectivity index (χ3n) is 2.93. The Morgan fingerprint density at radius 1 is 1.10 bits per heavy atom. The first-order valence-corrected chi connectivity index (χ1v) is 6.21. The third-order valence-corrected chi connectivity index (χ3v) is 2.93. The SMILES string of the molecule is OC[C@H](O)[C@H](O)[C@@H](O)c1cnn(Cc2ccccc2)n1. The molecule has 0 spiro atoms. The van der Waals surface area contributed by atoms with Crippen LogP contribution >= 0.6 is 0 Å². The second kappa shape index (κ2) is 6.58. The van der Waals surface area contributed by atoms with Crippen LogP contribution in [-0.4, -0.2) is 54.2 Å². The van der Waals surface area contributed by atoms with Crippen molar-refractivity contribution in [1.82, 2.24) is 15.0 Å². The molecule has 7 heteroatoms. The van der Waals surface area contributed by atoms with Crippen LogP contribution < -0.4 is 0 Å². The highest BCUT2D eigenvalue weighted by molar-refractivity contribution is 5.14. The van der Waals surface area contributed by atoms with Gasteiger partial charge in [0, 0.05) is 0 Å². The average Bonchev–Trinajstić information content (AvgIpc) is 2.94. The molecule has 2 rings (SSSR count). The maximum absolute atomic E-state index is 9.83. The van der Waals surface area contributed by atoms with Crippen molar-refractivity contribution >= 4 is 0 Å². The minimum absolute atomic E-state index is 0.140. The first-order valence-electron chi connectivity index (χ1n) is 6.21. The van der Waals surface area contributed by atoms with Crippen molar-refractivity contribution in [3.05, 3.63) is 47.8 Å². The van der Waals surface area contributed by atoms with E-state index in [9.17, 15) is 15.3 Å². The first kappa shape index (κ1) is 14.6. The van der Waals surface area contributed by atoms with E-state index >= 15 is 0 Å². The molecule has 0 unspecified atom stereocenters. The molecule has 1 heterocycles. The van der Waals surface area contributed by atoms with Crippen LogP contribution in [0.1, 0.15) is 17.4 Å². The summed E-state index contributed by atoms with van der Waals surface area (Å²) in [4.78, 5) is 1.38. The minimum Gasteiger partial charge on any atom is -0.394 e. The van der Waals surface area contributed by atoms with Crippen molar-refractivity contribution in [2.45, 2.75) is 24.9 Å². The van der Waals surface area contributed by atoms with Gasteiger partial charge >= 0.3 is 0 Å². The number of aliphatic hydroxyl groups excluding tert-OH is 4. The molecule has 3 atom stereocenters. The Labute approximate surface area is 115 Å². The molecule has 1 aromatic heterocycles. The zero-order valence-corrected chi connectivity index (χ0v) is 10.7. The predicted octanol–water partition coefficient (Wildman–Crippen LogP) is -0.926. The Balaban J connectivity index is 2.05. The summed E-state index contributed by atoms with van der Waals surface area (Å²) in [6, 6.07) is 9.54. The summed E-state index contributed by atoms with van der Waals surface area (Å²) < 4.78 is 0. The van der Waals surface area contributed by atoms with Gasteiger partial charge in [0.1, 0.15) is 24.0 Å². The molecule has 0 saturated carbocycles. The highest BCUT2D eigenvalue weighted by Gasteiger charge is 2.27. The third kappa shape index (κ3) is 3.40. The Hall–Kier alpha value is -1.80. The van der Waals surface area contributed by atoms with Crippen LogP contribution in [0.3, 0.4) is 0 Å². The fraction of sp³-hybridized carbons (Fsp3) is 0.385. The van der Waals surface area contributed by atoms with E-state index in [2.05, 4.69) is 10.2 Å². The van der Waals surface area contributed by atoms with Crippen molar-refractivity contribution in [3.63, 3.8) is 0 Å².